The second-order valence-electron chi connectivity index (χ2n) is 8.30. The number of thiazole rings is 1. The lowest BCUT2D eigenvalue weighted by Crippen LogP contribution is -2.26. The van der Waals surface area contributed by atoms with Gasteiger partial charge in [0.2, 0.25) is 4.96 Å². The van der Waals surface area contributed by atoms with Crippen molar-refractivity contribution in [2.75, 3.05) is 7.11 Å². The topological polar surface area (TPSA) is 91.4 Å². The molecule has 6 rings (SSSR count). The summed E-state index contributed by atoms with van der Waals surface area (Å²) in [5.74, 6) is -0.415. The summed E-state index contributed by atoms with van der Waals surface area (Å²) in [6.45, 7) is 0. The molecular formula is C28H18FN5O3S. The number of nitrogens with zero attached hydrogens (tertiary/aromatic N) is 5. The molecule has 0 aliphatic carbocycles. The van der Waals surface area contributed by atoms with E-state index in [1.807, 2.05) is 36.4 Å². The van der Waals surface area contributed by atoms with Gasteiger partial charge in [0.05, 0.1) is 17.3 Å². The van der Waals surface area contributed by atoms with E-state index in [-0.39, 0.29) is 16.4 Å². The van der Waals surface area contributed by atoms with Crippen LogP contribution in [0.4, 0.5) is 4.39 Å². The predicted molar refractivity (Wildman–Crippen MR) is 143 cm³/mol. The first-order valence-corrected chi connectivity index (χ1v) is 12.3. The molecule has 186 valence electrons. The molecule has 6 aromatic rings. The quantitative estimate of drug-likeness (QED) is 0.342. The maximum absolute atomic E-state index is 14.6. The molecule has 0 atom stereocenters. The van der Waals surface area contributed by atoms with Crippen molar-refractivity contribution < 1.29 is 9.13 Å². The summed E-state index contributed by atoms with van der Waals surface area (Å²) in [7, 11) is 1.40. The van der Waals surface area contributed by atoms with E-state index < -0.39 is 16.9 Å². The third-order valence-corrected chi connectivity index (χ3v) is 6.87. The summed E-state index contributed by atoms with van der Waals surface area (Å²) in [4.78, 5) is 30.2. The van der Waals surface area contributed by atoms with E-state index in [1.54, 1.807) is 47.3 Å². The zero-order valence-corrected chi connectivity index (χ0v) is 20.7. The Morgan fingerprint density at radius 3 is 2.34 bits per heavy atom. The lowest BCUT2D eigenvalue weighted by Gasteiger charge is -2.04. The number of halogens is 1. The van der Waals surface area contributed by atoms with Gasteiger partial charge in [-0.2, -0.15) is 19.7 Å². The van der Waals surface area contributed by atoms with Crippen molar-refractivity contribution in [3.63, 3.8) is 0 Å². The first kappa shape index (κ1) is 23.4. The Morgan fingerprint density at radius 1 is 0.895 bits per heavy atom. The first-order valence-electron chi connectivity index (χ1n) is 11.5. The molecule has 0 saturated carbocycles. The SMILES string of the molecule is COc1ccc(-c2nn(-c3ccccc3)cc2C=c2sc3nc(=O)c(-c4ccccc4)nn3c2=O)cc1F. The van der Waals surface area contributed by atoms with Gasteiger partial charge in [-0.15, -0.1) is 0 Å². The highest BCUT2D eigenvalue weighted by molar-refractivity contribution is 7.15. The van der Waals surface area contributed by atoms with Crippen LogP contribution >= 0.6 is 11.3 Å². The maximum atomic E-state index is 14.6. The molecule has 10 heteroatoms. The molecular weight excluding hydrogens is 505 g/mol. The smallest absolute Gasteiger partial charge is 0.300 e. The van der Waals surface area contributed by atoms with Gasteiger partial charge in [-0.3, -0.25) is 9.59 Å². The highest BCUT2D eigenvalue weighted by atomic mass is 32.1. The summed E-state index contributed by atoms with van der Waals surface area (Å²) in [5.41, 5.74) is 2.07. The fraction of sp³-hybridized carbons (Fsp3) is 0.0357. The van der Waals surface area contributed by atoms with Crippen molar-refractivity contribution in [1.82, 2.24) is 24.4 Å². The fourth-order valence-electron chi connectivity index (χ4n) is 4.07. The van der Waals surface area contributed by atoms with Gasteiger partial charge in [-0.1, -0.05) is 59.9 Å². The summed E-state index contributed by atoms with van der Waals surface area (Å²) < 4.78 is 22.7. The van der Waals surface area contributed by atoms with Crippen LogP contribution < -0.4 is 20.4 Å². The molecule has 8 nitrogen and oxygen atoms in total. The van der Waals surface area contributed by atoms with E-state index in [0.717, 1.165) is 21.5 Å². The number of rotatable bonds is 5. The van der Waals surface area contributed by atoms with E-state index in [9.17, 15) is 14.0 Å². The minimum atomic E-state index is -0.531. The molecule has 0 saturated heterocycles. The maximum Gasteiger partial charge on any atom is 0.300 e. The lowest BCUT2D eigenvalue weighted by atomic mass is 10.1. The minimum absolute atomic E-state index is 0.0934. The van der Waals surface area contributed by atoms with Gasteiger partial charge in [0.15, 0.2) is 17.3 Å². The average Bonchev–Trinajstić information content (AvgIpc) is 3.50. The van der Waals surface area contributed by atoms with Crippen molar-refractivity contribution in [3.05, 3.63) is 122 Å². The van der Waals surface area contributed by atoms with Gasteiger partial charge in [0.25, 0.3) is 5.56 Å². The van der Waals surface area contributed by atoms with E-state index >= 15 is 0 Å². The Hall–Kier alpha value is -4.96. The van der Waals surface area contributed by atoms with Crippen LogP contribution in [-0.2, 0) is 0 Å². The first-order chi connectivity index (χ1) is 18.5. The largest absolute Gasteiger partial charge is 0.494 e. The van der Waals surface area contributed by atoms with E-state index in [0.29, 0.717) is 26.9 Å². The molecule has 0 fully saturated rings. The van der Waals surface area contributed by atoms with Crippen molar-refractivity contribution in [2.24, 2.45) is 0 Å². The van der Waals surface area contributed by atoms with E-state index in [1.165, 1.54) is 19.2 Å². The summed E-state index contributed by atoms with van der Waals surface area (Å²) in [6.07, 6.45) is 3.41. The number of hydrogen-bond donors (Lipinski definition) is 0. The molecule has 3 aromatic heterocycles. The molecule has 0 aliphatic heterocycles. The molecule has 0 unspecified atom stereocenters. The predicted octanol–water partition coefficient (Wildman–Crippen LogP) is 3.73. The second-order valence-corrected chi connectivity index (χ2v) is 9.31. The van der Waals surface area contributed by atoms with Crippen molar-refractivity contribution >= 4 is 22.4 Å². The number of methoxy groups -OCH3 is 1. The Labute approximate surface area is 218 Å². The van der Waals surface area contributed by atoms with Crippen molar-refractivity contribution in [3.8, 4) is 34.0 Å². The number of aromatic nitrogens is 5. The van der Waals surface area contributed by atoms with Crippen LogP contribution in [-0.4, -0.2) is 31.5 Å². The standard InChI is InChI=1S/C28H18FN5O3S/c1-37-22-13-12-18(14-21(22)29)24-19(16-33(31-24)20-10-6-3-7-11-20)15-23-27(36)34-28(38-23)30-26(35)25(32-34)17-8-4-2-5-9-17/h2-16H,1H3. The van der Waals surface area contributed by atoms with Crippen LogP contribution in [0.5, 0.6) is 5.75 Å². The number of hydrogen-bond acceptors (Lipinski definition) is 7. The summed E-state index contributed by atoms with van der Waals surface area (Å²) in [6, 6.07) is 22.9. The second kappa shape index (κ2) is 9.49. The molecule has 0 radical (unpaired) electrons. The van der Waals surface area contributed by atoms with Gasteiger partial charge < -0.3 is 4.74 Å². The molecule has 0 bridgehead atoms. The van der Waals surface area contributed by atoms with Crippen LogP contribution in [0.25, 0.3) is 39.2 Å². The highest BCUT2D eigenvalue weighted by Gasteiger charge is 2.16. The van der Waals surface area contributed by atoms with Crippen molar-refractivity contribution in [1.29, 1.82) is 0 Å². The van der Waals surface area contributed by atoms with E-state index in [4.69, 9.17) is 4.74 Å². The zero-order valence-electron chi connectivity index (χ0n) is 19.9. The van der Waals surface area contributed by atoms with Gasteiger partial charge in [0, 0.05) is 22.9 Å². The summed E-state index contributed by atoms with van der Waals surface area (Å²) in [5, 5.41) is 8.99. The molecule has 0 spiro atoms. The Balaban J connectivity index is 1.55. The number of fused-ring (bicyclic) bond motifs is 1. The third kappa shape index (κ3) is 4.16. The highest BCUT2D eigenvalue weighted by Crippen LogP contribution is 2.28. The average molecular weight is 524 g/mol. The van der Waals surface area contributed by atoms with Gasteiger partial charge in [-0.05, 0) is 36.4 Å². The normalized spacial score (nSPS) is 11.8. The lowest BCUT2D eigenvalue weighted by molar-refractivity contribution is 0.386. The number of benzene rings is 3. The molecule has 38 heavy (non-hydrogen) atoms. The molecule has 0 amide bonds. The zero-order chi connectivity index (χ0) is 26.2. The van der Waals surface area contributed by atoms with E-state index in [2.05, 4.69) is 15.2 Å². The van der Waals surface area contributed by atoms with Crippen LogP contribution in [0.3, 0.4) is 0 Å². The number of ether oxygens (including phenoxy) is 1. The monoisotopic (exact) mass is 523 g/mol. The Kier molecular flexibility index (Phi) is 5.85. The van der Waals surface area contributed by atoms with Crippen molar-refractivity contribution in [2.45, 2.75) is 0 Å². The molecule has 0 N–H and O–H groups in total. The van der Waals surface area contributed by atoms with Crippen LogP contribution in [0.15, 0.2) is 94.6 Å². The number of para-hydroxylation sites is 1. The van der Waals surface area contributed by atoms with Crippen LogP contribution in [0.2, 0.25) is 0 Å². The van der Waals surface area contributed by atoms with Gasteiger partial charge in [0.1, 0.15) is 5.69 Å². The molecule has 3 aromatic carbocycles. The van der Waals surface area contributed by atoms with Crippen LogP contribution in [0, 0.1) is 5.82 Å². The molecule has 3 heterocycles. The van der Waals surface area contributed by atoms with Crippen LogP contribution in [0.1, 0.15) is 5.56 Å². The summed E-state index contributed by atoms with van der Waals surface area (Å²) >= 11 is 1.05. The fourth-order valence-corrected chi connectivity index (χ4v) is 4.97. The Morgan fingerprint density at radius 2 is 1.63 bits per heavy atom. The third-order valence-electron chi connectivity index (χ3n) is 5.91. The molecule has 0 aliphatic rings. The Bertz CT molecular complexity index is 1970. The van der Waals surface area contributed by atoms with Gasteiger partial charge in [-0.25, -0.2) is 9.07 Å². The van der Waals surface area contributed by atoms with Gasteiger partial charge >= 0.3 is 5.56 Å². The minimum Gasteiger partial charge on any atom is -0.494 e.